The van der Waals surface area contributed by atoms with Gasteiger partial charge in [0.05, 0.1) is 5.25 Å². The van der Waals surface area contributed by atoms with E-state index >= 15 is 0 Å². The van der Waals surface area contributed by atoms with Crippen molar-refractivity contribution in [2.45, 2.75) is 56.1 Å². The van der Waals surface area contributed by atoms with E-state index in [4.69, 9.17) is 0 Å². The van der Waals surface area contributed by atoms with Gasteiger partial charge in [-0.15, -0.1) is 0 Å². The highest BCUT2D eigenvalue weighted by atomic mass is 32.2. The summed E-state index contributed by atoms with van der Waals surface area (Å²) < 4.78 is 27.1. The first kappa shape index (κ1) is 16.3. The van der Waals surface area contributed by atoms with Crippen molar-refractivity contribution in [1.82, 2.24) is 10.0 Å². The first-order chi connectivity index (χ1) is 8.31. The number of thioether (sulfide) groups is 1. The van der Waals surface area contributed by atoms with Crippen molar-refractivity contribution in [3.05, 3.63) is 0 Å². The Labute approximate surface area is 116 Å². The van der Waals surface area contributed by atoms with Gasteiger partial charge in [-0.25, -0.2) is 13.1 Å². The molecule has 1 aliphatic carbocycles. The minimum atomic E-state index is -3.20. The van der Waals surface area contributed by atoms with E-state index in [1.807, 2.05) is 13.8 Å². The van der Waals surface area contributed by atoms with Gasteiger partial charge in [0.1, 0.15) is 0 Å². The van der Waals surface area contributed by atoms with E-state index in [1.54, 1.807) is 18.7 Å². The fraction of sp³-hybridized carbons (Fsp3) is 1.00. The summed E-state index contributed by atoms with van der Waals surface area (Å²) in [5.74, 6) is 0. The normalized spacial score (nSPS) is 20.7. The monoisotopic (exact) mass is 294 g/mol. The second-order valence-corrected chi connectivity index (χ2v) is 8.94. The molecule has 1 rings (SSSR count). The molecule has 18 heavy (non-hydrogen) atoms. The van der Waals surface area contributed by atoms with E-state index in [0.29, 0.717) is 19.1 Å². The SMILES string of the molecule is CSC1(CNS(=O)(=O)C(C)CNC(C)C)CCC1. The third-order valence-corrected chi connectivity index (χ3v) is 6.83. The minimum absolute atomic E-state index is 0.151. The highest BCUT2D eigenvalue weighted by molar-refractivity contribution is 8.00. The largest absolute Gasteiger partial charge is 0.313 e. The zero-order valence-electron chi connectivity index (χ0n) is 11.8. The molecule has 108 valence electrons. The van der Waals surface area contributed by atoms with E-state index in [9.17, 15) is 8.42 Å². The number of hydrogen-bond donors (Lipinski definition) is 2. The lowest BCUT2D eigenvalue weighted by atomic mass is 9.84. The molecule has 1 aliphatic rings. The van der Waals surface area contributed by atoms with Crippen LogP contribution in [0.3, 0.4) is 0 Å². The Bertz CT molecular complexity index is 346. The quantitative estimate of drug-likeness (QED) is 0.713. The standard InChI is InChI=1S/C12H26N2O2S2/c1-10(2)13-8-11(3)18(15,16)14-9-12(17-4)6-5-7-12/h10-11,13-14H,5-9H2,1-4H3. The van der Waals surface area contributed by atoms with Crippen LogP contribution in [0.2, 0.25) is 0 Å². The summed E-state index contributed by atoms with van der Waals surface area (Å²) in [5, 5.41) is 2.78. The fourth-order valence-electron chi connectivity index (χ4n) is 1.91. The lowest BCUT2D eigenvalue weighted by molar-refractivity contribution is 0.361. The van der Waals surface area contributed by atoms with Gasteiger partial charge in [0.25, 0.3) is 0 Å². The van der Waals surface area contributed by atoms with Gasteiger partial charge in [0.15, 0.2) is 0 Å². The summed E-state index contributed by atoms with van der Waals surface area (Å²) in [7, 11) is -3.20. The van der Waals surface area contributed by atoms with Crippen LogP contribution in [-0.4, -0.2) is 43.8 Å². The Morgan fingerprint density at radius 3 is 2.28 bits per heavy atom. The lowest BCUT2D eigenvalue weighted by Gasteiger charge is -2.40. The molecule has 0 amide bonds. The van der Waals surface area contributed by atoms with Crippen LogP contribution in [0.25, 0.3) is 0 Å². The Balaban J connectivity index is 2.43. The zero-order valence-corrected chi connectivity index (χ0v) is 13.5. The van der Waals surface area contributed by atoms with Gasteiger partial charge in [0, 0.05) is 23.9 Å². The van der Waals surface area contributed by atoms with Crippen molar-refractivity contribution in [2.24, 2.45) is 0 Å². The molecule has 0 bridgehead atoms. The van der Waals surface area contributed by atoms with Gasteiger partial charge in [-0.05, 0) is 26.0 Å². The third-order valence-electron chi connectivity index (χ3n) is 3.64. The molecule has 1 saturated carbocycles. The van der Waals surface area contributed by atoms with E-state index in [2.05, 4.69) is 16.3 Å². The van der Waals surface area contributed by atoms with Crippen molar-refractivity contribution in [2.75, 3.05) is 19.3 Å². The third kappa shape index (κ3) is 4.40. The van der Waals surface area contributed by atoms with E-state index in [-0.39, 0.29) is 10.00 Å². The van der Waals surface area contributed by atoms with Crippen molar-refractivity contribution in [1.29, 1.82) is 0 Å². The molecule has 0 aromatic rings. The fourth-order valence-corrected chi connectivity index (χ4v) is 3.99. The minimum Gasteiger partial charge on any atom is -0.313 e. The molecule has 1 fully saturated rings. The summed E-state index contributed by atoms with van der Waals surface area (Å²) in [6, 6.07) is 0.312. The molecule has 1 unspecified atom stereocenters. The molecule has 6 heteroatoms. The van der Waals surface area contributed by atoms with Gasteiger partial charge in [-0.2, -0.15) is 11.8 Å². The molecule has 2 N–H and O–H groups in total. The zero-order chi connectivity index (χ0) is 13.8. The van der Waals surface area contributed by atoms with Gasteiger partial charge >= 0.3 is 0 Å². The summed E-state index contributed by atoms with van der Waals surface area (Å²) in [5.41, 5.74) is 0. The highest BCUT2D eigenvalue weighted by Gasteiger charge is 2.37. The summed E-state index contributed by atoms with van der Waals surface area (Å²) in [6.07, 6.45) is 5.52. The number of sulfonamides is 1. The second kappa shape index (κ2) is 6.59. The van der Waals surface area contributed by atoms with Crippen LogP contribution < -0.4 is 10.0 Å². The average Bonchev–Trinajstić information content (AvgIpc) is 2.24. The average molecular weight is 294 g/mol. The maximum absolute atomic E-state index is 12.1. The van der Waals surface area contributed by atoms with Gasteiger partial charge in [-0.3, -0.25) is 0 Å². The van der Waals surface area contributed by atoms with Crippen molar-refractivity contribution in [3.63, 3.8) is 0 Å². The summed E-state index contributed by atoms with van der Waals surface area (Å²) >= 11 is 1.79. The molecule has 0 heterocycles. The maximum atomic E-state index is 12.1. The molecule has 0 aliphatic heterocycles. The van der Waals surface area contributed by atoms with Crippen LogP contribution in [0.5, 0.6) is 0 Å². The molecular formula is C12H26N2O2S2. The topological polar surface area (TPSA) is 58.2 Å². The molecule has 0 aromatic heterocycles. The predicted molar refractivity (Wildman–Crippen MR) is 79.6 cm³/mol. The summed E-state index contributed by atoms with van der Waals surface area (Å²) in [6.45, 7) is 6.86. The van der Waals surface area contributed by atoms with Crippen LogP contribution in [0.15, 0.2) is 0 Å². The predicted octanol–water partition coefficient (Wildman–Crippen LogP) is 1.58. The van der Waals surface area contributed by atoms with Crippen molar-refractivity contribution < 1.29 is 8.42 Å². The molecule has 1 atom stereocenters. The maximum Gasteiger partial charge on any atom is 0.215 e. The van der Waals surface area contributed by atoms with Crippen LogP contribution in [0.4, 0.5) is 0 Å². The smallest absolute Gasteiger partial charge is 0.215 e. The van der Waals surface area contributed by atoms with Gasteiger partial charge in [0.2, 0.25) is 10.0 Å². The molecule has 0 spiro atoms. The Morgan fingerprint density at radius 1 is 1.28 bits per heavy atom. The second-order valence-electron chi connectivity index (χ2n) is 5.48. The molecule has 0 aromatic carbocycles. The van der Waals surface area contributed by atoms with Crippen molar-refractivity contribution >= 4 is 21.8 Å². The van der Waals surface area contributed by atoms with E-state index in [1.165, 1.54) is 6.42 Å². The van der Waals surface area contributed by atoms with Crippen molar-refractivity contribution in [3.8, 4) is 0 Å². The van der Waals surface area contributed by atoms with Crippen LogP contribution in [-0.2, 0) is 10.0 Å². The van der Waals surface area contributed by atoms with E-state index in [0.717, 1.165) is 12.8 Å². The molecule has 4 nitrogen and oxygen atoms in total. The van der Waals surface area contributed by atoms with Crippen LogP contribution in [0.1, 0.15) is 40.0 Å². The first-order valence-electron chi connectivity index (χ1n) is 6.58. The van der Waals surface area contributed by atoms with Crippen LogP contribution in [0, 0.1) is 0 Å². The Morgan fingerprint density at radius 2 is 1.89 bits per heavy atom. The number of nitrogens with one attached hydrogen (secondary N) is 2. The number of rotatable bonds is 8. The first-order valence-corrected chi connectivity index (χ1v) is 9.35. The van der Waals surface area contributed by atoms with Crippen LogP contribution >= 0.6 is 11.8 Å². The number of hydrogen-bond acceptors (Lipinski definition) is 4. The molecular weight excluding hydrogens is 268 g/mol. The highest BCUT2D eigenvalue weighted by Crippen LogP contribution is 2.42. The molecule has 0 saturated heterocycles. The van der Waals surface area contributed by atoms with Gasteiger partial charge in [-0.1, -0.05) is 20.3 Å². The summed E-state index contributed by atoms with van der Waals surface area (Å²) in [4.78, 5) is 0. The Hall–Kier alpha value is 0.220. The lowest BCUT2D eigenvalue weighted by Crippen LogP contribution is -2.48. The Kier molecular flexibility index (Phi) is 5.96. The molecule has 0 radical (unpaired) electrons. The van der Waals surface area contributed by atoms with Gasteiger partial charge < -0.3 is 5.32 Å². The van der Waals surface area contributed by atoms with E-state index < -0.39 is 10.0 Å².